The van der Waals surface area contributed by atoms with E-state index in [4.69, 9.17) is 4.74 Å². The van der Waals surface area contributed by atoms with Crippen LogP contribution in [-0.4, -0.2) is 16.6 Å². The Labute approximate surface area is 99.3 Å². The molecule has 0 aliphatic rings. The first-order valence-corrected chi connectivity index (χ1v) is 5.59. The maximum atomic E-state index is 11.2. The SMILES string of the molecule is CCCOc1ccccc1-c1ccnc(=O)[nH]1. The van der Waals surface area contributed by atoms with Gasteiger partial charge in [-0.3, -0.25) is 0 Å². The van der Waals surface area contributed by atoms with E-state index in [0.29, 0.717) is 6.61 Å². The highest BCUT2D eigenvalue weighted by atomic mass is 16.5. The molecule has 0 saturated carbocycles. The Kier molecular flexibility index (Phi) is 3.55. The lowest BCUT2D eigenvalue weighted by atomic mass is 10.1. The molecule has 0 bridgehead atoms. The summed E-state index contributed by atoms with van der Waals surface area (Å²) in [6.45, 7) is 2.71. The summed E-state index contributed by atoms with van der Waals surface area (Å²) in [5.41, 5.74) is 1.24. The molecule has 0 radical (unpaired) electrons. The van der Waals surface area contributed by atoms with Crippen LogP contribution in [0.25, 0.3) is 11.3 Å². The lowest BCUT2D eigenvalue weighted by Gasteiger charge is -2.10. The molecule has 4 heteroatoms. The summed E-state index contributed by atoms with van der Waals surface area (Å²) in [7, 11) is 0. The second kappa shape index (κ2) is 5.30. The van der Waals surface area contributed by atoms with Crippen LogP contribution in [0.2, 0.25) is 0 Å². The molecule has 0 unspecified atom stereocenters. The van der Waals surface area contributed by atoms with E-state index >= 15 is 0 Å². The monoisotopic (exact) mass is 230 g/mol. The fourth-order valence-electron chi connectivity index (χ4n) is 1.55. The number of hydrogen-bond acceptors (Lipinski definition) is 3. The minimum absolute atomic E-state index is 0.354. The van der Waals surface area contributed by atoms with Crippen LogP contribution in [-0.2, 0) is 0 Å². The zero-order valence-electron chi connectivity index (χ0n) is 9.64. The van der Waals surface area contributed by atoms with Gasteiger partial charge in [0.2, 0.25) is 0 Å². The Morgan fingerprint density at radius 2 is 2.12 bits per heavy atom. The van der Waals surface area contributed by atoms with Gasteiger partial charge in [-0.2, -0.15) is 0 Å². The zero-order chi connectivity index (χ0) is 12.1. The van der Waals surface area contributed by atoms with E-state index in [1.807, 2.05) is 24.3 Å². The third-order valence-electron chi connectivity index (χ3n) is 2.31. The summed E-state index contributed by atoms with van der Waals surface area (Å²) >= 11 is 0. The summed E-state index contributed by atoms with van der Waals surface area (Å²) in [5, 5.41) is 0. The van der Waals surface area contributed by atoms with Crippen LogP contribution >= 0.6 is 0 Å². The normalized spacial score (nSPS) is 10.2. The molecular weight excluding hydrogens is 216 g/mol. The molecule has 1 aromatic carbocycles. The van der Waals surface area contributed by atoms with Crippen molar-refractivity contribution >= 4 is 0 Å². The van der Waals surface area contributed by atoms with E-state index in [9.17, 15) is 4.79 Å². The van der Waals surface area contributed by atoms with Gasteiger partial charge in [0.05, 0.1) is 12.3 Å². The van der Waals surface area contributed by atoms with Gasteiger partial charge in [-0.1, -0.05) is 19.1 Å². The van der Waals surface area contributed by atoms with Crippen LogP contribution in [0, 0.1) is 0 Å². The average Bonchev–Trinajstić information content (AvgIpc) is 2.37. The van der Waals surface area contributed by atoms with Crippen LogP contribution in [0.3, 0.4) is 0 Å². The molecule has 2 rings (SSSR count). The molecule has 4 nitrogen and oxygen atoms in total. The predicted octanol–water partition coefficient (Wildman–Crippen LogP) is 2.23. The lowest BCUT2D eigenvalue weighted by Crippen LogP contribution is -2.09. The van der Waals surface area contributed by atoms with Gasteiger partial charge < -0.3 is 9.72 Å². The number of aromatic amines is 1. The quantitative estimate of drug-likeness (QED) is 0.876. The molecular formula is C13H14N2O2. The standard InChI is InChI=1S/C13H14N2O2/c1-2-9-17-12-6-4-3-5-10(12)11-7-8-14-13(16)15-11/h3-8H,2,9H2,1H3,(H,14,15,16). The number of aromatic nitrogens is 2. The molecule has 1 heterocycles. The molecule has 0 fully saturated rings. The third-order valence-corrected chi connectivity index (χ3v) is 2.31. The van der Waals surface area contributed by atoms with Crippen LogP contribution in [0.5, 0.6) is 5.75 Å². The molecule has 0 atom stereocenters. The highest BCUT2D eigenvalue weighted by molar-refractivity contribution is 5.66. The summed E-state index contributed by atoms with van der Waals surface area (Å²) in [5.74, 6) is 0.774. The fraction of sp³-hybridized carbons (Fsp3) is 0.231. The van der Waals surface area contributed by atoms with Crippen molar-refractivity contribution in [1.29, 1.82) is 0 Å². The van der Waals surface area contributed by atoms with Gasteiger partial charge in [-0.15, -0.1) is 0 Å². The number of ether oxygens (including phenoxy) is 1. The minimum atomic E-state index is -0.354. The Morgan fingerprint density at radius 1 is 1.29 bits per heavy atom. The first kappa shape index (κ1) is 11.4. The molecule has 0 spiro atoms. The third kappa shape index (κ3) is 2.72. The van der Waals surface area contributed by atoms with Crippen molar-refractivity contribution in [3.8, 4) is 17.0 Å². The predicted molar refractivity (Wildman–Crippen MR) is 66.1 cm³/mol. The smallest absolute Gasteiger partial charge is 0.345 e. The number of para-hydroxylation sites is 1. The van der Waals surface area contributed by atoms with Crippen LogP contribution in [0.4, 0.5) is 0 Å². The van der Waals surface area contributed by atoms with E-state index in [-0.39, 0.29) is 5.69 Å². The van der Waals surface area contributed by atoms with Gasteiger partial charge in [-0.25, -0.2) is 9.78 Å². The Balaban J connectivity index is 2.40. The lowest BCUT2D eigenvalue weighted by molar-refractivity contribution is 0.318. The number of rotatable bonds is 4. The molecule has 0 saturated heterocycles. The molecule has 17 heavy (non-hydrogen) atoms. The van der Waals surface area contributed by atoms with Gasteiger partial charge in [0.1, 0.15) is 5.75 Å². The topological polar surface area (TPSA) is 55.0 Å². The zero-order valence-corrected chi connectivity index (χ0v) is 9.64. The molecule has 0 amide bonds. The van der Waals surface area contributed by atoms with Crippen LogP contribution in [0.1, 0.15) is 13.3 Å². The molecule has 0 aliphatic carbocycles. The van der Waals surface area contributed by atoms with Gasteiger partial charge >= 0.3 is 5.69 Å². The Bertz CT molecular complexity index is 549. The van der Waals surface area contributed by atoms with E-state index in [2.05, 4.69) is 16.9 Å². The van der Waals surface area contributed by atoms with Gasteiger partial charge in [0.15, 0.2) is 0 Å². The van der Waals surface area contributed by atoms with E-state index in [1.165, 1.54) is 6.20 Å². The van der Waals surface area contributed by atoms with Crippen LogP contribution < -0.4 is 10.4 Å². The van der Waals surface area contributed by atoms with Gasteiger partial charge in [0.25, 0.3) is 0 Å². The fourth-order valence-corrected chi connectivity index (χ4v) is 1.55. The van der Waals surface area contributed by atoms with E-state index in [0.717, 1.165) is 23.4 Å². The van der Waals surface area contributed by atoms with Gasteiger partial charge in [0, 0.05) is 11.8 Å². The summed E-state index contributed by atoms with van der Waals surface area (Å²) in [6, 6.07) is 9.39. The number of benzene rings is 1. The van der Waals surface area contributed by atoms with Crippen LogP contribution in [0.15, 0.2) is 41.3 Å². The minimum Gasteiger partial charge on any atom is -0.493 e. The van der Waals surface area contributed by atoms with Crippen molar-refractivity contribution < 1.29 is 4.74 Å². The molecule has 88 valence electrons. The highest BCUT2D eigenvalue weighted by Crippen LogP contribution is 2.27. The number of nitrogens with zero attached hydrogens (tertiary/aromatic N) is 1. The maximum absolute atomic E-state index is 11.2. The average molecular weight is 230 g/mol. The van der Waals surface area contributed by atoms with Crippen molar-refractivity contribution in [2.45, 2.75) is 13.3 Å². The summed E-state index contributed by atoms with van der Waals surface area (Å²) in [4.78, 5) is 17.5. The molecule has 2 aromatic rings. The van der Waals surface area contributed by atoms with E-state index in [1.54, 1.807) is 6.07 Å². The summed E-state index contributed by atoms with van der Waals surface area (Å²) < 4.78 is 5.64. The largest absolute Gasteiger partial charge is 0.493 e. The van der Waals surface area contributed by atoms with Crippen molar-refractivity contribution in [3.63, 3.8) is 0 Å². The van der Waals surface area contributed by atoms with E-state index < -0.39 is 0 Å². The number of H-pyrrole nitrogens is 1. The Morgan fingerprint density at radius 3 is 2.88 bits per heavy atom. The Hall–Kier alpha value is -2.10. The van der Waals surface area contributed by atoms with Crippen molar-refractivity contribution in [1.82, 2.24) is 9.97 Å². The second-order valence-corrected chi connectivity index (χ2v) is 3.63. The molecule has 1 N–H and O–H groups in total. The highest BCUT2D eigenvalue weighted by Gasteiger charge is 2.05. The summed E-state index contributed by atoms with van der Waals surface area (Å²) in [6.07, 6.45) is 2.44. The second-order valence-electron chi connectivity index (χ2n) is 3.63. The van der Waals surface area contributed by atoms with Gasteiger partial charge in [-0.05, 0) is 24.6 Å². The van der Waals surface area contributed by atoms with Crippen molar-refractivity contribution in [3.05, 3.63) is 47.0 Å². The van der Waals surface area contributed by atoms with Crippen molar-refractivity contribution in [2.24, 2.45) is 0 Å². The number of nitrogens with one attached hydrogen (secondary N) is 1. The number of hydrogen-bond donors (Lipinski definition) is 1. The first-order chi connectivity index (χ1) is 8.31. The van der Waals surface area contributed by atoms with Crippen molar-refractivity contribution in [2.75, 3.05) is 6.61 Å². The molecule has 1 aromatic heterocycles. The molecule has 0 aliphatic heterocycles. The first-order valence-electron chi connectivity index (χ1n) is 5.59. The maximum Gasteiger partial charge on any atom is 0.345 e.